The summed E-state index contributed by atoms with van der Waals surface area (Å²) in [5, 5.41) is 3.10. The standard InChI is InChI=1S/C14H17N3O2/c1-4-15-13-8-6-11(9-16-13)17(3)14(18)12-7-5-10(2)19-12/h5-9H,4H2,1-3H3,(H,15,16). The molecule has 0 radical (unpaired) electrons. The van der Waals surface area contributed by atoms with E-state index < -0.39 is 0 Å². The fourth-order valence-electron chi connectivity index (χ4n) is 1.70. The van der Waals surface area contributed by atoms with Gasteiger partial charge in [-0.05, 0) is 38.1 Å². The van der Waals surface area contributed by atoms with Crippen LogP contribution in [0.1, 0.15) is 23.2 Å². The van der Waals surface area contributed by atoms with Crippen LogP contribution >= 0.6 is 0 Å². The van der Waals surface area contributed by atoms with E-state index in [0.29, 0.717) is 5.76 Å². The number of nitrogens with zero attached hydrogens (tertiary/aromatic N) is 2. The van der Waals surface area contributed by atoms with Gasteiger partial charge in [-0.1, -0.05) is 0 Å². The summed E-state index contributed by atoms with van der Waals surface area (Å²) in [6.07, 6.45) is 1.66. The molecule has 0 aliphatic heterocycles. The number of furan rings is 1. The van der Waals surface area contributed by atoms with E-state index in [1.54, 1.807) is 25.4 Å². The molecule has 0 saturated carbocycles. The first-order chi connectivity index (χ1) is 9.11. The third kappa shape index (κ3) is 2.93. The minimum atomic E-state index is -0.189. The van der Waals surface area contributed by atoms with E-state index in [4.69, 9.17) is 4.42 Å². The summed E-state index contributed by atoms with van der Waals surface area (Å²) in [4.78, 5) is 17.9. The number of carbonyl (C=O) groups excluding carboxylic acids is 1. The molecule has 0 unspecified atom stereocenters. The van der Waals surface area contributed by atoms with E-state index >= 15 is 0 Å². The molecule has 0 fully saturated rings. The molecule has 19 heavy (non-hydrogen) atoms. The Morgan fingerprint density at radius 2 is 2.16 bits per heavy atom. The lowest BCUT2D eigenvalue weighted by molar-refractivity contribution is 0.0965. The van der Waals surface area contributed by atoms with Gasteiger partial charge in [0.05, 0.1) is 11.9 Å². The van der Waals surface area contributed by atoms with Gasteiger partial charge in [0.1, 0.15) is 11.6 Å². The van der Waals surface area contributed by atoms with Crippen LogP contribution < -0.4 is 10.2 Å². The number of carbonyl (C=O) groups is 1. The van der Waals surface area contributed by atoms with Gasteiger partial charge in [0.15, 0.2) is 5.76 Å². The van der Waals surface area contributed by atoms with E-state index in [2.05, 4.69) is 10.3 Å². The lowest BCUT2D eigenvalue weighted by Gasteiger charge is -2.15. The molecule has 2 rings (SSSR count). The summed E-state index contributed by atoms with van der Waals surface area (Å²) < 4.78 is 5.33. The number of rotatable bonds is 4. The average Bonchev–Trinajstić information content (AvgIpc) is 2.85. The monoisotopic (exact) mass is 259 g/mol. The number of amides is 1. The molecule has 1 amide bonds. The van der Waals surface area contributed by atoms with E-state index in [9.17, 15) is 4.79 Å². The molecule has 0 aromatic carbocycles. The van der Waals surface area contributed by atoms with Crippen LogP contribution in [0.25, 0.3) is 0 Å². The lowest BCUT2D eigenvalue weighted by atomic mass is 10.3. The Hall–Kier alpha value is -2.30. The zero-order chi connectivity index (χ0) is 13.8. The Morgan fingerprint density at radius 3 is 2.68 bits per heavy atom. The predicted molar refractivity (Wildman–Crippen MR) is 74.6 cm³/mol. The molecular formula is C14H17N3O2. The lowest BCUT2D eigenvalue weighted by Crippen LogP contribution is -2.25. The maximum Gasteiger partial charge on any atom is 0.293 e. The van der Waals surface area contributed by atoms with Crippen molar-refractivity contribution in [2.24, 2.45) is 0 Å². The molecule has 5 heteroatoms. The molecule has 2 heterocycles. The summed E-state index contributed by atoms with van der Waals surface area (Å²) >= 11 is 0. The number of hydrogen-bond acceptors (Lipinski definition) is 4. The van der Waals surface area contributed by atoms with Crippen LogP contribution in [0.5, 0.6) is 0 Å². The fourth-order valence-corrected chi connectivity index (χ4v) is 1.70. The summed E-state index contributed by atoms with van der Waals surface area (Å²) in [6.45, 7) is 4.63. The highest BCUT2D eigenvalue weighted by Crippen LogP contribution is 2.17. The summed E-state index contributed by atoms with van der Waals surface area (Å²) in [5.74, 6) is 1.65. The Balaban J connectivity index is 2.14. The maximum atomic E-state index is 12.2. The third-order valence-electron chi connectivity index (χ3n) is 2.75. The van der Waals surface area contributed by atoms with Crippen molar-refractivity contribution in [2.45, 2.75) is 13.8 Å². The SMILES string of the molecule is CCNc1ccc(N(C)C(=O)c2ccc(C)o2)cn1. The fraction of sp³-hybridized carbons (Fsp3) is 0.286. The number of aromatic nitrogens is 1. The van der Waals surface area contributed by atoms with Crippen LogP contribution in [0.3, 0.4) is 0 Å². The quantitative estimate of drug-likeness (QED) is 0.917. The van der Waals surface area contributed by atoms with Crippen LogP contribution in [0.2, 0.25) is 0 Å². The van der Waals surface area contributed by atoms with E-state index in [-0.39, 0.29) is 5.91 Å². The molecule has 2 aromatic heterocycles. The largest absolute Gasteiger partial charge is 0.456 e. The first-order valence-corrected chi connectivity index (χ1v) is 6.16. The molecule has 0 aliphatic rings. The van der Waals surface area contributed by atoms with Crippen LogP contribution in [0, 0.1) is 6.92 Å². The van der Waals surface area contributed by atoms with Crippen LogP contribution in [0.15, 0.2) is 34.9 Å². The predicted octanol–water partition coefficient (Wildman–Crippen LogP) is 2.69. The second-order valence-electron chi connectivity index (χ2n) is 4.21. The Kier molecular flexibility index (Phi) is 3.85. The second kappa shape index (κ2) is 5.56. The number of pyridine rings is 1. The van der Waals surface area contributed by atoms with Gasteiger partial charge in [-0.15, -0.1) is 0 Å². The maximum absolute atomic E-state index is 12.2. The third-order valence-corrected chi connectivity index (χ3v) is 2.75. The van der Waals surface area contributed by atoms with Crippen molar-refractivity contribution in [3.8, 4) is 0 Å². The Morgan fingerprint density at radius 1 is 1.37 bits per heavy atom. The van der Waals surface area contributed by atoms with Crippen molar-refractivity contribution >= 4 is 17.4 Å². The minimum absolute atomic E-state index is 0.189. The zero-order valence-corrected chi connectivity index (χ0v) is 11.3. The molecule has 0 saturated heterocycles. The molecule has 0 bridgehead atoms. The molecule has 5 nitrogen and oxygen atoms in total. The van der Waals surface area contributed by atoms with Gasteiger partial charge in [0.25, 0.3) is 5.91 Å². The van der Waals surface area contributed by atoms with Gasteiger partial charge in [0.2, 0.25) is 0 Å². The van der Waals surface area contributed by atoms with Crippen molar-refractivity contribution in [3.05, 3.63) is 42.0 Å². The first kappa shape index (κ1) is 13.1. The molecule has 0 spiro atoms. The Labute approximate surface area is 112 Å². The minimum Gasteiger partial charge on any atom is -0.456 e. The zero-order valence-electron chi connectivity index (χ0n) is 11.3. The summed E-state index contributed by atoms with van der Waals surface area (Å²) in [7, 11) is 1.70. The molecule has 2 aromatic rings. The van der Waals surface area contributed by atoms with Crippen LogP contribution in [0.4, 0.5) is 11.5 Å². The molecular weight excluding hydrogens is 242 g/mol. The topological polar surface area (TPSA) is 58.4 Å². The summed E-state index contributed by atoms with van der Waals surface area (Å²) in [5.41, 5.74) is 0.723. The molecule has 0 atom stereocenters. The van der Waals surface area contributed by atoms with Gasteiger partial charge >= 0.3 is 0 Å². The first-order valence-electron chi connectivity index (χ1n) is 6.16. The van der Waals surface area contributed by atoms with E-state index in [0.717, 1.165) is 23.8 Å². The number of aryl methyl sites for hydroxylation is 1. The number of hydrogen-bond donors (Lipinski definition) is 1. The Bertz CT molecular complexity index is 560. The molecule has 100 valence electrons. The highest BCUT2D eigenvalue weighted by atomic mass is 16.3. The van der Waals surface area contributed by atoms with E-state index in [1.807, 2.05) is 26.0 Å². The van der Waals surface area contributed by atoms with Gasteiger partial charge < -0.3 is 14.6 Å². The molecule has 1 N–H and O–H groups in total. The van der Waals surface area contributed by atoms with E-state index in [1.165, 1.54) is 4.90 Å². The number of anilines is 2. The van der Waals surface area contributed by atoms with Crippen molar-refractivity contribution in [2.75, 3.05) is 23.8 Å². The highest BCUT2D eigenvalue weighted by molar-refractivity contribution is 6.03. The van der Waals surface area contributed by atoms with Crippen LogP contribution in [-0.4, -0.2) is 24.5 Å². The summed E-state index contributed by atoms with van der Waals surface area (Å²) in [6, 6.07) is 7.14. The van der Waals surface area contributed by atoms with Crippen LogP contribution in [-0.2, 0) is 0 Å². The van der Waals surface area contributed by atoms with Gasteiger partial charge in [0, 0.05) is 13.6 Å². The normalized spacial score (nSPS) is 10.3. The van der Waals surface area contributed by atoms with Gasteiger partial charge in [-0.2, -0.15) is 0 Å². The second-order valence-corrected chi connectivity index (χ2v) is 4.21. The van der Waals surface area contributed by atoms with Crippen molar-refractivity contribution in [1.29, 1.82) is 0 Å². The van der Waals surface area contributed by atoms with Crippen molar-refractivity contribution < 1.29 is 9.21 Å². The van der Waals surface area contributed by atoms with Gasteiger partial charge in [-0.25, -0.2) is 4.98 Å². The van der Waals surface area contributed by atoms with Gasteiger partial charge in [-0.3, -0.25) is 4.79 Å². The highest BCUT2D eigenvalue weighted by Gasteiger charge is 2.16. The smallest absolute Gasteiger partial charge is 0.293 e. The van der Waals surface area contributed by atoms with Crippen molar-refractivity contribution in [1.82, 2.24) is 4.98 Å². The average molecular weight is 259 g/mol. The molecule has 0 aliphatic carbocycles. The number of nitrogens with one attached hydrogen (secondary N) is 1. The van der Waals surface area contributed by atoms with Crippen molar-refractivity contribution in [3.63, 3.8) is 0 Å².